The van der Waals surface area contributed by atoms with E-state index in [4.69, 9.17) is 4.74 Å². The van der Waals surface area contributed by atoms with Crippen LogP contribution in [-0.4, -0.2) is 37.8 Å². The predicted molar refractivity (Wildman–Crippen MR) is 70.3 cm³/mol. The summed E-state index contributed by atoms with van der Waals surface area (Å²) in [6.07, 6.45) is 1.86. The molecule has 1 fully saturated rings. The van der Waals surface area contributed by atoms with Crippen molar-refractivity contribution in [3.05, 3.63) is 16.6 Å². The topological polar surface area (TPSA) is 46.2 Å². The Morgan fingerprint density at radius 2 is 2.35 bits per heavy atom. The van der Waals surface area contributed by atoms with Gasteiger partial charge in [-0.2, -0.15) is 0 Å². The Bertz CT molecular complexity index is 340. The van der Waals surface area contributed by atoms with Crippen LogP contribution < -0.4 is 10.6 Å². The number of likely N-dealkylation sites (N-methyl/N-ethyl adjacent to an activating group) is 1. The fourth-order valence-corrected chi connectivity index (χ4v) is 2.85. The zero-order valence-electron chi connectivity index (χ0n) is 10.7. The summed E-state index contributed by atoms with van der Waals surface area (Å²) in [7, 11) is 2.00. The largest absolute Gasteiger partial charge is 0.379 e. The molecule has 1 aliphatic rings. The molecular weight excluding hydrogens is 234 g/mol. The third kappa shape index (κ3) is 3.04. The Morgan fingerprint density at radius 1 is 1.53 bits per heavy atom. The van der Waals surface area contributed by atoms with Crippen LogP contribution in [0.1, 0.15) is 18.9 Å². The first-order chi connectivity index (χ1) is 8.13. The predicted octanol–water partition coefficient (Wildman–Crippen LogP) is 1.20. The van der Waals surface area contributed by atoms with Crippen molar-refractivity contribution in [2.45, 2.75) is 25.4 Å². The Labute approximate surface area is 107 Å². The molecule has 0 saturated carbocycles. The van der Waals surface area contributed by atoms with Crippen LogP contribution in [0, 0.1) is 5.92 Å². The highest BCUT2D eigenvalue weighted by Crippen LogP contribution is 2.23. The van der Waals surface area contributed by atoms with E-state index in [0.29, 0.717) is 12.0 Å². The molecule has 1 saturated heterocycles. The van der Waals surface area contributed by atoms with E-state index < -0.39 is 0 Å². The van der Waals surface area contributed by atoms with Crippen LogP contribution in [0.5, 0.6) is 0 Å². The molecule has 4 nitrogen and oxygen atoms in total. The number of nitrogens with zero attached hydrogens (tertiary/aromatic N) is 1. The van der Waals surface area contributed by atoms with Gasteiger partial charge in [-0.3, -0.25) is 0 Å². The van der Waals surface area contributed by atoms with E-state index in [1.165, 1.54) is 0 Å². The Morgan fingerprint density at radius 3 is 3.00 bits per heavy atom. The standard InChI is InChI=1S/C12H21N3OS/c1-12(2,11-14-4-5-17-11)15-6-9-7-16-8-10(9)13-3/h4-5,9-10,13,15H,6-8H2,1-3H3. The van der Waals surface area contributed by atoms with Gasteiger partial charge in [-0.05, 0) is 20.9 Å². The van der Waals surface area contributed by atoms with Gasteiger partial charge in [-0.25, -0.2) is 4.98 Å². The van der Waals surface area contributed by atoms with Crippen molar-refractivity contribution in [1.82, 2.24) is 15.6 Å². The van der Waals surface area contributed by atoms with Crippen LogP contribution >= 0.6 is 11.3 Å². The van der Waals surface area contributed by atoms with Gasteiger partial charge in [0.2, 0.25) is 0 Å². The van der Waals surface area contributed by atoms with Gasteiger partial charge >= 0.3 is 0 Å². The van der Waals surface area contributed by atoms with Crippen molar-refractivity contribution >= 4 is 11.3 Å². The molecule has 1 aromatic heterocycles. The lowest BCUT2D eigenvalue weighted by molar-refractivity contribution is 0.181. The molecule has 1 aliphatic heterocycles. The molecule has 96 valence electrons. The lowest BCUT2D eigenvalue weighted by Crippen LogP contribution is -2.44. The molecule has 2 atom stereocenters. The zero-order valence-corrected chi connectivity index (χ0v) is 11.5. The first kappa shape index (κ1) is 13.0. The highest BCUT2D eigenvalue weighted by atomic mass is 32.1. The lowest BCUT2D eigenvalue weighted by atomic mass is 10.0. The van der Waals surface area contributed by atoms with Gasteiger partial charge in [0.15, 0.2) is 0 Å². The summed E-state index contributed by atoms with van der Waals surface area (Å²) >= 11 is 1.70. The van der Waals surface area contributed by atoms with Gasteiger partial charge in [-0.15, -0.1) is 11.3 Å². The molecule has 0 aliphatic carbocycles. The van der Waals surface area contributed by atoms with E-state index >= 15 is 0 Å². The van der Waals surface area contributed by atoms with E-state index in [1.807, 2.05) is 18.6 Å². The second-order valence-electron chi connectivity index (χ2n) is 5.04. The minimum Gasteiger partial charge on any atom is -0.379 e. The smallest absolute Gasteiger partial charge is 0.112 e. The van der Waals surface area contributed by atoms with Gasteiger partial charge < -0.3 is 15.4 Å². The zero-order chi connectivity index (χ0) is 12.3. The minimum absolute atomic E-state index is 0.0605. The van der Waals surface area contributed by atoms with Gasteiger partial charge in [0.25, 0.3) is 0 Å². The van der Waals surface area contributed by atoms with E-state index in [2.05, 4.69) is 29.5 Å². The fourth-order valence-electron chi connectivity index (χ4n) is 2.11. The summed E-state index contributed by atoms with van der Waals surface area (Å²) in [4.78, 5) is 4.38. The molecule has 0 spiro atoms. The molecule has 0 aromatic carbocycles. The van der Waals surface area contributed by atoms with E-state index in [0.717, 1.165) is 24.8 Å². The van der Waals surface area contributed by atoms with Crippen LogP contribution in [0.15, 0.2) is 11.6 Å². The number of ether oxygens (including phenoxy) is 1. The molecule has 0 radical (unpaired) electrons. The first-order valence-corrected chi connectivity index (χ1v) is 6.91. The molecule has 2 heterocycles. The third-order valence-electron chi connectivity index (χ3n) is 3.34. The number of nitrogens with one attached hydrogen (secondary N) is 2. The molecule has 5 heteroatoms. The van der Waals surface area contributed by atoms with Crippen molar-refractivity contribution in [1.29, 1.82) is 0 Å². The number of rotatable bonds is 5. The summed E-state index contributed by atoms with van der Waals surface area (Å²) < 4.78 is 5.50. The quantitative estimate of drug-likeness (QED) is 0.830. The Kier molecular flexibility index (Phi) is 4.14. The maximum Gasteiger partial charge on any atom is 0.112 e. The van der Waals surface area contributed by atoms with Gasteiger partial charge in [0.05, 0.1) is 18.8 Å². The van der Waals surface area contributed by atoms with Crippen LogP contribution in [0.3, 0.4) is 0 Å². The summed E-state index contributed by atoms with van der Waals surface area (Å²) in [6.45, 7) is 6.97. The van der Waals surface area contributed by atoms with Crippen molar-refractivity contribution in [2.75, 3.05) is 26.8 Å². The van der Waals surface area contributed by atoms with E-state index in [9.17, 15) is 0 Å². The van der Waals surface area contributed by atoms with Crippen molar-refractivity contribution in [3.8, 4) is 0 Å². The Hall–Kier alpha value is -0.490. The number of thiazole rings is 1. The molecule has 2 unspecified atom stereocenters. The van der Waals surface area contributed by atoms with Crippen LogP contribution in [0.2, 0.25) is 0 Å². The summed E-state index contributed by atoms with van der Waals surface area (Å²) in [6, 6.07) is 0.467. The molecule has 1 aromatic rings. The second-order valence-corrected chi connectivity index (χ2v) is 5.93. The fraction of sp³-hybridized carbons (Fsp3) is 0.750. The van der Waals surface area contributed by atoms with Crippen LogP contribution in [-0.2, 0) is 10.3 Å². The number of hydrogen-bond acceptors (Lipinski definition) is 5. The molecular formula is C12H21N3OS. The summed E-state index contributed by atoms with van der Waals surface area (Å²) in [5, 5.41) is 10.1. The average molecular weight is 255 g/mol. The Balaban J connectivity index is 1.89. The SMILES string of the molecule is CNC1COCC1CNC(C)(C)c1nccs1. The van der Waals surface area contributed by atoms with Crippen molar-refractivity contribution < 1.29 is 4.74 Å². The highest BCUT2D eigenvalue weighted by molar-refractivity contribution is 7.09. The van der Waals surface area contributed by atoms with E-state index in [-0.39, 0.29) is 5.54 Å². The van der Waals surface area contributed by atoms with Gasteiger partial charge in [0.1, 0.15) is 5.01 Å². The molecule has 0 amide bonds. The van der Waals surface area contributed by atoms with Crippen molar-refractivity contribution in [3.63, 3.8) is 0 Å². The van der Waals surface area contributed by atoms with Crippen molar-refractivity contribution in [2.24, 2.45) is 5.92 Å². The third-order valence-corrected chi connectivity index (χ3v) is 4.44. The van der Waals surface area contributed by atoms with Crippen LogP contribution in [0.4, 0.5) is 0 Å². The van der Waals surface area contributed by atoms with Gasteiger partial charge in [-0.1, -0.05) is 0 Å². The summed E-state index contributed by atoms with van der Waals surface area (Å²) in [5.74, 6) is 0.541. The highest BCUT2D eigenvalue weighted by Gasteiger charge is 2.30. The van der Waals surface area contributed by atoms with Crippen LogP contribution in [0.25, 0.3) is 0 Å². The second kappa shape index (κ2) is 5.44. The molecule has 17 heavy (non-hydrogen) atoms. The molecule has 2 N–H and O–H groups in total. The average Bonchev–Trinajstić information content (AvgIpc) is 2.97. The summed E-state index contributed by atoms with van der Waals surface area (Å²) in [5.41, 5.74) is -0.0605. The number of hydrogen-bond donors (Lipinski definition) is 2. The number of aromatic nitrogens is 1. The van der Waals surface area contributed by atoms with E-state index in [1.54, 1.807) is 11.3 Å². The van der Waals surface area contributed by atoms with Gasteiger partial charge in [0, 0.05) is 30.1 Å². The maximum atomic E-state index is 5.50. The minimum atomic E-state index is -0.0605. The first-order valence-electron chi connectivity index (χ1n) is 6.03. The monoisotopic (exact) mass is 255 g/mol. The normalized spacial score (nSPS) is 25.4. The lowest BCUT2D eigenvalue weighted by Gasteiger charge is -2.27. The molecule has 2 rings (SSSR count). The maximum absolute atomic E-state index is 5.50. The molecule has 0 bridgehead atoms.